The number of hydrogen-bond acceptors (Lipinski definition) is 5. The van der Waals surface area contributed by atoms with Crippen LogP contribution in [0.2, 0.25) is 0 Å². The Hall–Kier alpha value is -3.07. The summed E-state index contributed by atoms with van der Waals surface area (Å²) < 4.78 is 10.9. The molecule has 4 fully saturated rings. The summed E-state index contributed by atoms with van der Waals surface area (Å²) in [7, 11) is 0. The maximum absolute atomic E-state index is 13.4. The van der Waals surface area contributed by atoms with Crippen LogP contribution in [0.5, 0.6) is 0 Å². The molecule has 6 rings (SSSR count). The highest BCUT2D eigenvalue weighted by atomic mass is 16.5. The van der Waals surface area contributed by atoms with E-state index in [2.05, 4.69) is 0 Å². The van der Waals surface area contributed by atoms with E-state index in [1.54, 1.807) is 30.5 Å². The fourth-order valence-corrected chi connectivity index (χ4v) is 6.44. The number of amides is 1. The number of ether oxygens (including phenoxy) is 1. The van der Waals surface area contributed by atoms with E-state index in [9.17, 15) is 9.59 Å². The van der Waals surface area contributed by atoms with Crippen molar-refractivity contribution in [2.24, 2.45) is 17.8 Å². The van der Waals surface area contributed by atoms with Crippen LogP contribution in [0.1, 0.15) is 60.2 Å². The van der Waals surface area contributed by atoms with E-state index in [4.69, 9.17) is 14.4 Å². The Kier molecular flexibility index (Phi) is 5.05. The number of furan rings is 1. The van der Waals surface area contributed by atoms with Crippen molar-refractivity contribution < 1.29 is 18.7 Å². The summed E-state index contributed by atoms with van der Waals surface area (Å²) in [6, 6.07) is 12.0. The minimum atomic E-state index is -0.554. The number of benzene rings is 1. The molecule has 0 N–H and O–H groups in total. The van der Waals surface area contributed by atoms with E-state index in [-0.39, 0.29) is 18.1 Å². The summed E-state index contributed by atoms with van der Waals surface area (Å²) in [5, 5.41) is 8.90. The molecule has 1 amide bonds. The molecule has 4 saturated carbocycles. The molecule has 1 aromatic heterocycles. The van der Waals surface area contributed by atoms with Gasteiger partial charge in [-0.05, 0) is 92.7 Å². The molecule has 31 heavy (non-hydrogen) atoms. The van der Waals surface area contributed by atoms with Crippen LogP contribution in [-0.4, -0.2) is 28.9 Å². The highest BCUT2D eigenvalue weighted by Crippen LogP contribution is 2.58. The van der Waals surface area contributed by atoms with Crippen LogP contribution in [0.4, 0.5) is 0 Å². The molecule has 0 atom stereocenters. The fraction of sp³-hybridized carbons (Fsp3) is 0.480. The average molecular weight is 418 g/mol. The Balaban J connectivity index is 1.32. The minimum Gasteiger partial charge on any atom is -0.467 e. The average Bonchev–Trinajstić information content (AvgIpc) is 3.28. The van der Waals surface area contributed by atoms with Crippen LogP contribution in [0.15, 0.2) is 47.1 Å². The number of hydrogen-bond donors (Lipinski definition) is 0. The summed E-state index contributed by atoms with van der Waals surface area (Å²) in [6.07, 6.45) is 8.60. The van der Waals surface area contributed by atoms with Gasteiger partial charge in [0.1, 0.15) is 5.76 Å². The van der Waals surface area contributed by atoms with Gasteiger partial charge in [0, 0.05) is 5.54 Å². The van der Waals surface area contributed by atoms with Gasteiger partial charge in [0.2, 0.25) is 0 Å². The van der Waals surface area contributed by atoms with Crippen molar-refractivity contribution in [3.8, 4) is 6.07 Å². The summed E-state index contributed by atoms with van der Waals surface area (Å²) in [4.78, 5) is 27.8. The van der Waals surface area contributed by atoms with Crippen LogP contribution < -0.4 is 0 Å². The van der Waals surface area contributed by atoms with E-state index in [0.29, 0.717) is 35.4 Å². The third kappa shape index (κ3) is 3.85. The molecule has 0 spiro atoms. The van der Waals surface area contributed by atoms with Gasteiger partial charge in [-0.3, -0.25) is 4.79 Å². The molecule has 0 radical (unpaired) electrons. The summed E-state index contributed by atoms with van der Waals surface area (Å²) in [5.41, 5.74) is 0.651. The van der Waals surface area contributed by atoms with Crippen molar-refractivity contribution in [2.75, 3.05) is 6.61 Å². The molecule has 2 aromatic rings. The lowest BCUT2D eigenvalue weighted by atomic mass is 9.52. The number of esters is 1. The van der Waals surface area contributed by atoms with Crippen LogP contribution in [0.25, 0.3) is 0 Å². The Labute approximate surface area is 181 Å². The third-order valence-corrected chi connectivity index (χ3v) is 7.35. The molecule has 4 aliphatic rings. The first-order valence-corrected chi connectivity index (χ1v) is 11.0. The second kappa shape index (κ2) is 7.88. The largest absolute Gasteiger partial charge is 0.467 e. The van der Waals surface area contributed by atoms with Crippen molar-refractivity contribution >= 4 is 11.9 Å². The zero-order valence-electron chi connectivity index (χ0n) is 17.5. The van der Waals surface area contributed by atoms with Gasteiger partial charge in [-0.25, -0.2) is 4.79 Å². The zero-order valence-corrected chi connectivity index (χ0v) is 17.5. The van der Waals surface area contributed by atoms with Gasteiger partial charge in [0.05, 0.1) is 30.0 Å². The Morgan fingerprint density at radius 2 is 1.71 bits per heavy atom. The molecule has 160 valence electrons. The van der Waals surface area contributed by atoms with Gasteiger partial charge in [-0.2, -0.15) is 5.26 Å². The van der Waals surface area contributed by atoms with Crippen molar-refractivity contribution in [2.45, 2.75) is 50.6 Å². The minimum absolute atomic E-state index is 0.153. The lowest BCUT2D eigenvalue weighted by Gasteiger charge is -2.60. The Bertz CT molecular complexity index is 968. The van der Waals surface area contributed by atoms with Gasteiger partial charge >= 0.3 is 5.97 Å². The number of carbonyl (C=O) groups excluding carboxylic acids is 2. The monoisotopic (exact) mass is 418 g/mol. The van der Waals surface area contributed by atoms with Crippen LogP contribution >= 0.6 is 0 Å². The Morgan fingerprint density at radius 3 is 2.26 bits per heavy atom. The predicted molar refractivity (Wildman–Crippen MR) is 112 cm³/mol. The van der Waals surface area contributed by atoms with E-state index in [1.165, 1.54) is 19.3 Å². The molecule has 4 aliphatic carbocycles. The van der Waals surface area contributed by atoms with E-state index < -0.39 is 5.97 Å². The fourth-order valence-electron chi connectivity index (χ4n) is 6.44. The number of rotatable bonds is 6. The predicted octanol–water partition coefficient (Wildman–Crippen LogP) is 4.31. The first kappa shape index (κ1) is 19.9. The molecule has 0 aliphatic heterocycles. The second-order valence-electron chi connectivity index (χ2n) is 9.47. The smallest absolute Gasteiger partial charge is 0.338 e. The molecular formula is C25H26N2O4. The van der Waals surface area contributed by atoms with Gasteiger partial charge in [-0.1, -0.05) is 0 Å². The molecule has 0 saturated heterocycles. The normalized spacial score (nSPS) is 28.2. The first-order valence-electron chi connectivity index (χ1n) is 11.0. The number of nitriles is 1. The molecule has 0 unspecified atom stereocenters. The molecule has 4 bridgehead atoms. The molecule has 1 heterocycles. The second-order valence-corrected chi connectivity index (χ2v) is 9.47. The van der Waals surface area contributed by atoms with Crippen LogP contribution in [-0.2, 0) is 16.1 Å². The maximum Gasteiger partial charge on any atom is 0.338 e. The summed E-state index contributed by atoms with van der Waals surface area (Å²) in [6.45, 7) is 0.119. The van der Waals surface area contributed by atoms with Crippen LogP contribution in [0, 0.1) is 29.1 Å². The standard InChI is InChI=1S/C25H26N2O4/c26-14-17-3-5-21(6-4-17)24(29)31-16-23(28)27(15-22-2-1-7-30-22)25-11-18-8-19(12-25)10-20(9-18)13-25/h1-7,18-20H,8-13,15-16H2. The molecule has 1 aromatic carbocycles. The van der Waals surface area contributed by atoms with Crippen molar-refractivity contribution in [1.82, 2.24) is 4.90 Å². The molecule has 6 nitrogen and oxygen atoms in total. The quantitative estimate of drug-likeness (QED) is 0.653. The molecule has 6 heteroatoms. The third-order valence-electron chi connectivity index (χ3n) is 7.35. The van der Waals surface area contributed by atoms with E-state index >= 15 is 0 Å². The van der Waals surface area contributed by atoms with Crippen molar-refractivity contribution in [3.05, 3.63) is 59.5 Å². The maximum atomic E-state index is 13.4. The lowest BCUT2D eigenvalue weighted by molar-refractivity contribution is -0.156. The van der Waals surface area contributed by atoms with Crippen molar-refractivity contribution in [1.29, 1.82) is 5.26 Å². The Morgan fingerprint density at radius 1 is 1.06 bits per heavy atom. The van der Waals surface area contributed by atoms with Gasteiger partial charge in [0.25, 0.3) is 5.91 Å². The SMILES string of the molecule is N#Cc1ccc(C(=O)OCC(=O)N(Cc2ccco2)C23CC4CC(CC(C4)C2)C3)cc1. The highest BCUT2D eigenvalue weighted by molar-refractivity contribution is 5.91. The number of carbonyl (C=O) groups is 2. The van der Waals surface area contributed by atoms with E-state index in [0.717, 1.165) is 25.0 Å². The highest BCUT2D eigenvalue weighted by Gasteiger charge is 2.54. The topological polar surface area (TPSA) is 83.5 Å². The van der Waals surface area contributed by atoms with Crippen molar-refractivity contribution in [3.63, 3.8) is 0 Å². The van der Waals surface area contributed by atoms with E-state index in [1.807, 2.05) is 23.1 Å². The summed E-state index contributed by atoms with van der Waals surface area (Å²) >= 11 is 0. The molecular weight excluding hydrogens is 392 g/mol. The lowest BCUT2D eigenvalue weighted by Crippen LogP contribution is -2.61. The van der Waals surface area contributed by atoms with Gasteiger partial charge in [0.15, 0.2) is 6.61 Å². The van der Waals surface area contributed by atoms with Gasteiger partial charge in [-0.15, -0.1) is 0 Å². The van der Waals surface area contributed by atoms with Crippen LogP contribution in [0.3, 0.4) is 0 Å². The number of nitrogens with zero attached hydrogens (tertiary/aromatic N) is 2. The first-order chi connectivity index (χ1) is 15.0. The van der Waals surface area contributed by atoms with Gasteiger partial charge < -0.3 is 14.1 Å². The zero-order chi connectivity index (χ0) is 21.4. The summed E-state index contributed by atoms with van der Waals surface area (Å²) in [5.74, 6) is 2.11.